The van der Waals surface area contributed by atoms with Gasteiger partial charge in [0.05, 0.1) is 5.92 Å². The molecule has 53 valence electrons. The summed E-state index contributed by atoms with van der Waals surface area (Å²) in [5.41, 5.74) is 0. The molecule has 0 saturated carbocycles. The molecule has 2 heteroatoms. The summed E-state index contributed by atoms with van der Waals surface area (Å²) in [6.45, 7) is 7.15. The standard InChI is InChI=1S/C7H13O2/c1-5(2)7(8)9-6(3)4/h5H,1-4H3. The fourth-order valence-electron chi connectivity index (χ4n) is 0.319. The summed E-state index contributed by atoms with van der Waals surface area (Å²) in [6, 6.07) is 0. The van der Waals surface area contributed by atoms with Crippen molar-refractivity contribution < 1.29 is 9.53 Å². The minimum atomic E-state index is -0.157. The number of esters is 1. The minimum Gasteiger partial charge on any atom is -0.455 e. The zero-order valence-corrected chi connectivity index (χ0v) is 6.39. The topological polar surface area (TPSA) is 26.3 Å². The van der Waals surface area contributed by atoms with Crippen LogP contribution in [0.5, 0.6) is 0 Å². The Bertz CT molecular complexity index is 95.1. The molecule has 0 N–H and O–H groups in total. The molecule has 0 rings (SSSR count). The van der Waals surface area contributed by atoms with E-state index < -0.39 is 0 Å². The first-order chi connectivity index (χ1) is 4.04. The van der Waals surface area contributed by atoms with Gasteiger partial charge in [0.2, 0.25) is 0 Å². The monoisotopic (exact) mass is 129 g/mol. The van der Waals surface area contributed by atoms with E-state index in [1.807, 2.05) is 13.8 Å². The Hall–Kier alpha value is -0.530. The summed E-state index contributed by atoms with van der Waals surface area (Å²) in [5, 5.41) is 0. The van der Waals surface area contributed by atoms with E-state index in [4.69, 9.17) is 4.74 Å². The van der Waals surface area contributed by atoms with Crippen molar-refractivity contribution in [3.8, 4) is 0 Å². The quantitative estimate of drug-likeness (QED) is 0.531. The Balaban J connectivity index is 3.51. The molecule has 9 heavy (non-hydrogen) atoms. The van der Waals surface area contributed by atoms with Gasteiger partial charge in [0.25, 0.3) is 0 Å². The van der Waals surface area contributed by atoms with E-state index in [2.05, 4.69) is 0 Å². The summed E-state index contributed by atoms with van der Waals surface area (Å²) >= 11 is 0. The number of hydrogen-bond donors (Lipinski definition) is 0. The van der Waals surface area contributed by atoms with Crippen LogP contribution in [-0.2, 0) is 9.53 Å². The Kier molecular flexibility index (Phi) is 3.28. The molecule has 0 fully saturated rings. The number of rotatable bonds is 2. The van der Waals surface area contributed by atoms with Crippen LogP contribution in [0.15, 0.2) is 0 Å². The van der Waals surface area contributed by atoms with Gasteiger partial charge in [-0.1, -0.05) is 13.8 Å². The first-order valence-electron chi connectivity index (χ1n) is 3.06. The van der Waals surface area contributed by atoms with E-state index >= 15 is 0 Å². The molecule has 0 spiro atoms. The van der Waals surface area contributed by atoms with E-state index in [0.29, 0.717) is 6.10 Å². The van der Waals surface area contributed by atoms with Gasteiger partial charge < -0.3 is 4.74 Å². The fraction of sp³-hybridized carbons (Fsp3) is 0.714. The number of carbonyl (C=O) groups is 1. The van der Waals surface area contributed by atoms with Gasteiger partial charge >= 0.3 is 5.97 Å². The molecule has 0 heterocycles. The second-order valence-electron chi connectivity index (χ2n) is 2.48. The Labute approximate surface area is 56.2 Å². The summed E-state index contributed by atoms with van der Waals surface area (Å²) in [5.74, 6) is -0.185. The lowest BCUT2D eigenvalue weighted by Crippen LogP contribution is -2.12. The molecule has 0 aliphatic rings. The number of hydrogen-bond acceptors (Lipinski definition) is 2. The third kappa shape index (κ3) is 4.01. The van der Waals surface area contributed by atoms with Crippen molar-refractivity contribution in [3.63, 3.8) is 0 Å². The van der Waals surface area contributed by atoms with Crippen LogP contribution in [0.25, 0.3) is 0 Å². The van der Waals surface area contributed by atoms with Gasteiger partial charge in [-0.15, -0.1) is 0 Å². The number of ether oxygens (including phenoxy) is 1. The van der Waals surface area contributed by atoms with Crippen molar-refractivity contribution in [2.75, 3.05) is 0 Å². The molecule has 0 saturated heterocycles. The van der Waals surface area contributed by atoms with Crippen LogP contribution in [-0.4, -0.2) is 5.97 Å². The molecular formula is C7H13O2. The first kappa shape index (κ1) is 8.47. The van der Waals surface area contributed by atoms with Crippen molar-refractivity contribution in [2.24, 2.45) is 5.92 Å². The summed E-state index contributed by atoms with van der Waals surface area (Å²) in [4.78, 5) is 10.7. The van der Waals surface area contributed by atoms with Crippen LogP contribution in [0.2, 0.25) is 0 Å². The first-order valence-corrected chi connectivity index (χ1v) is 3.06. The second kappa shape index (κ2) is 3.49. The lowest BCUT2D eigenvalue weighted by atomic mass is 10.2. The molecule has 0 bridgehead atoms. The summed E-state index contributed by atoms with van der Waals surface area (Å²) < 4.78 is 4.79. The fourth-order valence-corrected chi connectivity index (χ4v) is 0.319. The van der Waals surface area contributed by atoms with E-state index in [-0.39, 0.29) is 11.9 Å². The largest absolute Gasteiger partial charge is 0.455 e. The van der Waals surface area contributed by atoms with Crippen molar-refractivity contribution in [3.05, 3.63) is 6.10 Å². The molecule has 0 aliphatic heterocycles. The SMILES string of the molecule is C[C](C)OC(=O)C(C)C. The van der Waals surface area contributed by atoms with Crippen LogP contribution >= 0.6 is 0 Å². The average molecular weight is 129 g/mol. The molecule has 0 aromatic carbocycles. The van der Waals surface area contributed by atoms with Gasteiger partial charge in [0, 0.05) is 0 Å². The highest BCUT2D eigenvalue weighted by molar-refractivity contribution is 5.72. The van der Waals surface area contributed by atoms with E-state index in [1.165, 1.54) is 0 Å². The van der Waals surface area contributed by atoms with Gasteiger partial charge in [0.1, 0.15) is 6.10 Å². The van der Waals surface area contributed by atoms with E-state index in [1.54, 1.807) is 13.8 Å². The van der Waals surface area contributed by atoms with Crippen molar-refractivity contribution in [1.82, 2.24) is 0 Å². The molecule has 0 amide bonds. The van der Waals surface area contributed by atoms with Crippen LogP contribution in [0.4, 0.5) is 0 Å². The van der Waals surface area contributed by atoms with Gasteiger partial charge in [-0.25, -0.2) is 0 Å². The predicted octanol–water partition coefficient (Wildman–Crippen LogP) is 1.76. The van der Waals surface area contributed by atoms with Crippen LogP contribution < -0.4 is 0 Å². The van der Waals surface area contributed by atoms with Crippen molar-refractivity contribution >= 4 is 5.97 Å². The molecule has 0 aliphatic carbocycles. The van der Waals surface area contributed by atoms with Gasteiger partial charge in [-0.05, 0) is 13.8 Å². The van der Waals surface area contributed by atoms with Gasteiger partial charge in [-0.3, -0.25) is 4.79 Å². The number of carbonyl (C=O) groups excluding carboxylic acids is 1. The second-order valence-corrected chi connectivity index (χ2v) is 2.48. The third-order valence-electron chi connectivity index (χ3n) is 0.776. The van der Waals surface area contributed by atoms with Gasteiger partial charge in [0.15, 0.2) is 0 Å². The van der Waals surface area contributed by atoms with Crippen LogP contribution in [0.3, 0.4) is 0 Å². The van der Waals surface area contributed by atoms with Crippen LogP contribution in [0, 0.1) is 12.0 Å². The maximum atomic E-state index is 10.7. The van der Waals surface area contributed by atoms with E-state index in [0.717, 1.165) is 0 Å². The van der Waals surface area contributed by atoms with Crippen molar-refractivity contribution in [2.45, 2.75) is 27.7 Å². The van der Waals surface area contributed by atoms with Crippen molar-refractivity contribution in [1.29, 1.82) is 0 Å². The molecule has 0 aromatic rings. The zero-order chi connectivity index (χ0) is 7.44. The lowest BCUT2D eigenvalue weighted by molar-refractivity contribution is -0.145. The lowest BCUT2D eigenvalue weighted by Gasteiger charge is -2.07. The normalized spacial score (nSPS) is 10.4. The zero-order valence-electron chi connectivity index (χ0n) is 6.39. The highest BCUT2D eigenvalue weighted by Gasteiger charge is 2.09. The van der Waals surface area contributed by atoms with Gasteiger partial charge in [-0.2, -0.15) is 0 Å². The summed E-state index contributed by atoms with van der Waals surface area (Å²) in [6.07, 6.45) is 0.703. The average Bonchev–Trinajstić information content (AvgIpc) is 1.63. The molecule has 0 atom stereocenters. The Morgan fingerprint density at radius 2 is 1.78 bits per heavy atom. The molecular weight excluding hydrogens is 116 g/mol. The third-order valence-corrected chi connectivity index (χ3v) is 0.776. The minimum absolute atomic E-state index is 0.0279. The van der Waals surface area contributed by atoms with E-state index in [9.17, 15) is 4.79 Å². The van der Waals surface area contributed by atoms with Crippen LogP contribution in [0.1, 0.15) is 27.7 Å². The molecule has 1 radical (unpaired) electrons. The Morgan fingerprint density at radius 3 is 1.89 bits per heavy atom. The molecule has 0 unspecified atom stereocenters. The maximum absolute atomic E-state index is 10.7. The summed E-state index contributed by atoms with van der Waals surface area (Å²) in [7, 11) is 0. The molecule has 0 aromatic heterocycles. The maximum Gasteiger partial charge on any atom is 0.309 e. The predicted molar refractivity (Wildman–Crippen MR) is 35.5 cm³/mol. The highest BCUT2D eigenvalue weighted by Crippen LogP contribution is 2.03. The molecule has 2 nitrogen and oxygen atoms in total. The smallest absolute Gasteiger partial charge is 0.309 e. The Morgan fingerprint density at radius 1 is 1.33 bits per heavy atom. The highest BCUT2D eigenvalue weighted by atomic mass is 16.5.